The van der Waals surface area contributed by atoms with E-state index in [0.717, 1.165) is 30.2 Å². The molecule has 0 radical (unpaired) electrons. The second-order valence-electron chi connectivity index (χ2n) is 6.17. The Balaban J connectivity index is 1.71. The van der Waals surface area contributed by atoms with E-state index >= 15 is 0 Å². The fourth-order valence-electron chi connectivity index (χ4n) is 2.88. The molecule has 0 saturated carbocycles. The third kappa shape index (κ3) is 5.60. The Morgan fingerprint density at radius 3 is 2.92 bits per heavy atom. The molecule has 1 aliphatic heterocycles. The number of amides is 2. The number of aliphatic carboxylic acids is 1. The zero-order valence-corrected chi connectivity index (χ0v) is 14.6. The number of anilines is 1. The quantitative estimate of drug-likeness (QED) is 0.658. The van der Waals surface area contributed by atoms with E-state index in [1.165, 1.54) is 5.56 Å². The Morgan fingerprint density at radius 1 is 1.38 bits per heavy atom. The van der Waals surface area contributed by atoms with Crippen molar-refractivity contribution in [3.63, 3.8) is 0 Å². The van der Waals surface area contributed by atoms with Gasteiger partial charge < -0.3 is 20.6 Å². The molecule has 1 aromatic carbocycles. The summed E-state index contributed by atoms with van der Waals surface area (Å²) in [6.07, 6.45) is 1.52. The largest absolute Gasteiger partial charge is 0.481 e. The van der Waals surface area contributed by atoms with Crippen molar-refractivity contribution in [2.24, 2.45) is 5.92 Å². The SMILES string of the molecule is Cc1ccc(Cl)cc1N1CCC(CNC(=O)NCCCC(=O)O)C1. The van der Waals surface area contributed by atoms with E-state index in [4.69, 9.17) is 16.7 Å². The van der Waals surface area contributed by atoms with E-state index in [0.29, 0.717) is 25.4 Å². The fourth-order valence-corrected chi connectivity index (χ4v) is 3.05. The molecule has 1 aromatic rings. The lowest BCUT2D eigenvalue weighted by Crippen LogP contribution is -2.39. The van der Waals surface area contributed by atoms with Gasteiger partial charge in [0.05, 0.1) is 0 Å². The van der Waals surface area contributed by atoms with Gasteiger partial charge in [-0.15, -0.1) is 0 Å². The van der Waals surface area contributed by atoms with Gasteiger partial charge in [-0.2, -0.15) is 0 Å². The fraction of sp³-hybridized carbons (Fsp3) is 0.529. The van der Waals surface area contributed by atoms with Gasteiger partial charge in [0.25, 0.3) is 0 Å². The zero-order chi connectivity index (χ0) is 17.5. The minimum absolute atomic E-state index is 0.0663. The summed E-state index contributed by atoms with van der Waals surface area (Å²) >= 11 is 6.09. The van der Waals surface area contributed by atoms with Gasteiger partial charge in [0.2, 0.25) is 0 Å². The minimum atomic E-state index is -0.848. The van der Waals surface area contributed by atoms with Crippen molar-refractivity contribution < 1.29 is 14.7 Å². The summed E-state index contributed by atoms with van der Waals surface area (Å²) in [5, 5.41) is 14.8. The summed E-state index contributed by atoms with van der Waals surface area (Å²) in [4.78, 5) is 24.4. The van der Waals surface area contributed by atoms with E-state index in [1.807, 2.05) is 18.2 Å². The number of rotatable bonds is 7. The normalized spacial score (nSPS) is 16.9. The van der Waals surface area contributed by atoms with Gasteiger partial charge in [0.15, 0.2) is 0 Å². The van der Waals surface area contributed by atoms with Crippen LogP contribution in [-0.4, -0.2) is 43.3 Å². The summed E-state index contributed by atoms with van der Waals surface area (Å²) in [6.45, 7) is 4.90. The van der Waals surface area contributed by atoms with Crippen LogP contribution in [0.15, 0.2) is 18.2 Å². The predicted molar refractivity (Wildman–Crippen MR) is 94.8 cm³/mol. The van der Waals surface area contributed by atoms with Gasteiger partial charge in [-0.25, -0.2) is 4.79 Å². The summed E-state index contributed by atoms with van der Waals surface area (Å²) < 4.78 is 0. The topological polar surface area (TPSA) is 81.7 Å². The number of halogens is 1. The second kappa shape index (κ2) is 8.78. The maximum absolute atomic E-state index is 11.7. The molecule has 0 aliphatic carbocycles. The molecule has 1 aliphatic rings. The van der Waals surface area contributed by atoms with Crippen molar-refractivity contribution in [1.82, 2.24) is 10.6 Å². The summed E-state index contributed by atoms with van der Waals surface area (Å²) in [7, 11) is 0. The highest BCUT2D eigenvalue weighted by Crippen LogP contribution is 2.29. The van der Waals surface area contributed by atoms with Gasteiger partial charge in [0, 0.05) is 43.3 Å². The average Bonchev–Trinajstić information content (AvgIpc) is 3.00. The van der Waals surface area contributed by atoms with Gasteiger partial charge in [-0.05, 0) is 43.4 Å². The molecule has 1 saturated heterocycles. The molecule has 2 rings (SSSR count). The van der Waals surface area contributed by atoms with Crippen molar-refractivity contribution in [2.75, 3.05) is 31.1 Å². The number of carbonyl (C=O) groups is 2. The van der Waals surface area contributed by atoms with Crippen molar-refractivity contribution in [3.8, 4) is 0 Å². The van der Waals surface area contributed by atoms with Crippen LogP contribution < -0.4 is 15.5 Å². The summed E-state index contributed by atoms with van der Waals surface area (Å²) in [5.74, 6) is -0.451. The van der Waals surface area contributed by atoms with Crippen LogP contribution in [0.3, 0.4) is 0 Å². The first kappa shape index (κ1) is 18.4. The number of hydrogen-bond donors (Lipinski definition) is 3. The molecule has 6 nitrogen and oxygen atoms in total. The molecule has 2 amide bonds. The van der Waals surface area contributed by atoms with Crippen LogP contribution in [0.1, 0.15) is 24.8 Å². The molecule has 3 N–H and O–H groups in total. The zero-order valence-electron chi connectivity index (χ0n) is 13.8. The molecular weight excluding hydrogens is 330 g/mol. The van der Waals surface area contributed by atoms with Gasteiger partial charge in [-0.1, -0.05) is 17.7 Å². The Morgan fingerprint density at radius 2 is 2.17 bits per heavy atom. The number of urea groups is 1. The van der Waals surface area contributed by atoms with Crippen molar-refractivity contribution >= 4 is 29.3 Å². The molecule has 132 valence electrons. The van der Waals surface area contributed by atoms with Crippen molar-refractivity contribution in [2.45, 2.75) is 26.2 Å². The smallest absolute Gasteiger partial charge is 0.314 e. The molecule has 0 spiro atoms. The molecule has 1 unspecified atom stereocenters. The average molecular weight is 354 g/mol. The Bertz CT molecular complexity index is 594. The Kier molecular flexibility index (Phi) is 6.73. The molecule has 0 aromatic heterocycles. The Labute approximate surface area is 147 Å². The standard InChI is InChI=1S/C17H24ClN3O3/c1-12-4-5-14(18)9-15(12)21-8-6-13(11-21)10-20-17(24)19-7-2-3-16(22)23/h4-5,9,13H,2-3,6-8,10-11H2,1H3,(H,22,23)(H2,19,20,24). The number of carboxylic acid groups (broad SMARTS) is 1. The summed E-state index contributed by atoms with van der Waals surface area (Å²) in [5.41, 5.74) is 2.35. The van der Waals surface area contributed by atoms with E-state index in [1.54, 1.807) is 0 Å². The minimum Gasteiger partial charge on any atom is -0.481 e. The molecule has 0 bridgehead atoms. The van der Waals surface area contributed by atoms with Crippen LogP contribution >= 0.6 is 11.6 Å². The van der Waals surface area contributed by atoms with Crippen molar-refractivity contribution in [1.29, 1.82) is 0 Å². The molecule has 1 atom stereocenters. The third-order valence-corrected chi connectivity index (χ3v) is 4.44. The van der Waals surface area contributed by atoms with Crippen LogP contribution in [0.2, 0.25) is 5.02 Å². The first-order chi connectivity index (χ1) is 11.5. The number of nitrogens with zero attached hydrogens (tertiary/aromatic N) is 1. The molecule has 1 heterocycles. The lowest BCUT2D eigenvalue weighted by atomic mass is 10.1. The first-order valence-corrected chi connectivity index (χ1v) is 8.58. The lowest BCUT2D eigenvalue weighted by Gasteiger charge is -2.21. The molecule has 24 heavy (non-hydrogen) atoms. The van der Waals surface area contributed by atoms with Crippen LogP contribution in [0.5, 0.6) is 0 Å². The number of aryl methyl sites for hydroxylation is 1. The highest BCUT2D eigenvalue weighted by molar-refractivity contribution is 6.30. The molecule has 1 fully saturated rings. The second-order valence-corrected chi connectivity index (χ2v) is 6.60. The number of carbonyl (C=O) groups excluding carboxylic acids is 1. The van der Waals surface area contributed by atoms with Crippen LogP contribution in [0.4, 0.5) is 10.5 Å². The number of carboxylic acids is 1. The number of benzene rings is 1. The predicted octanol–water partition coefficient (Wildman–Crippen LogP) is 2.64. The van der Waals surface area contributed by atoms with Gasteiger partial charge in [0.1, 0.15) is 0 Å². The Hall–Kier alpha value is -1.95. The first-order valence-electron chi connectivity index (χ1n) is 8.20. The monoisotopic (exact) mass is 353 g/mol. The number of nitrogens with one attached hydrogen (secondary N) is 2. The molecule has 7 heteroatoms. The van der Waals surface area contributed by atoms with Crippen LogP contribution in [0.25, 0.3) is 0 Å². The van der Waals surface area contributed by atoms with E-state index < -0.39 is 5.97 Å². The maximum atomic E-state index is 11.7. The van der Waals surface area contributed by atoms with Crippen LogP contribution in [0, 0.1) is 12.8 Å². The maximum Gasteiger partial charge on any atom is 0.314 e. The summed E-state index contributed by atoms with van der Waals surface area (Å²) in [6, 6.07) is 5.66. The lowest BCUT2D eigenvalue weighted by molar-refractivity contribution is -0.137. The van der Waals surface area contributed by atoms with Crippen molar-refractivity contribution in [3.05, 3.63) is 28.8 Å². The number of hydrogen-bond acceptors (Lipinski definition) is 3. The molecular formula is C17H24ClN3O3. The highest BCUT2D eigenvalue weighted by Gasteiger charge is 2.24. The van der Waals surface area contributed by atoms with E-state index in [-0.39, 0.29) is 12.5 Å². The highest BCUT2D eigenvalue weighted by atomic mass is 35.5. The van der Waals surface area contributed by atoms with Gasteiger partial charge >= 0.3 is 12.0 Å². The van der Waals surface area contributed by atoms with Crippen LogP contribution in [-0.2, 0) is 4.79 Å². The third-order valence-electron chi connectivity index (χ3n) is 4.20. The van der Waals surface area contributed by atoms with Gasteiger partial charge in [-0.3, -0.25) is 4.79 Å². The van der Waals surface area contributed by atoms with E-state index in [9.17, 15) is 9.59 Å². The van der Waals surface area contributed by atoms with E-state index in [2.05, 4.69) is 22.5 Å².